The Morgan fingerprint density at radius 3 is 2.34 bits per heavy atom. The first kappa shape index (κ1) is 44.7. The molecule has 0 spiro atoms. The molecular weight excluding hydrogens is 853 g/mol. The van der Waals surface area contributed by atoms with Crippen molar-refractivity contribution in [3.05, 3.63) is 65.9 Å². The highest BCUT2D eigenvalue weighted by Gasteiger charge is 2.50. The number of rotatable bonds is 9. The third-order valence-electron chi connectivity index (χ3n) is 15.2. The van der Waals surface area contributed by atoms with Crippen LogP contribution in [0.25, 0.3) is 44.2 Å². The van der Waals surface area contributed by atoms with E-state index in [1.165, 1.54) is 14.2 Å². The average molecular weight is 915 g/mol. The molecule has 4 fully saturated rings. The lowest BCUT2D eigenvalue weighted by Crippen LogP contribution is -2.55. The summed E-state index contributed by atoms with van der Waals surface area (Å²) in [5.41, 5.74) is 6.64. The predicted molar refractivity (Wildman–Crippen MR) is 251 cm³/mol. The lowest BCUT2D eigenvalue weighted by Gasteiger charge is -2.39. The molecule has 9 atom stereocenters. The number of aromatic nitrogens is 4. The number of alkyl carbamates (subject to hydrolysis) is 2. The number of nitrogens with one attached hydrogen (secondary N) is 4. The van der Waals surface area contributed by atoms with Crippen molar-refractivity contribution in [3.63, 3.8) is 0 Å². The minimum atomic E-state index is -0.746. The number of fused-ring (bicyclic) bond motifs is 7. The number of amides is 4. The molecule has 16 nitrogen and oxygen atoms in total. The summed E-state index contributed by atoms with van der Waals surface area (Å²) in [5, 5.41) is 7.67. The fourth-order valence-electron chi connectivity index (χ4n) is 12.1. The van der Waals surface area contributed by atoms with Crippen molar-refractivity contribution in [2.24, 2.45) is 17.8 Å². The highest BCUT2D eigenvalue weighted by Crippen LogP contribution is 2.49. The smallest absolute Gasteiger partial charge is 0.407 e. The molecule has 67 heavy (non-hydrogen) atoms. The molecule has 10 rings (SSSR count). The van der Waals surface area contributed by atoms with Crippen LogP contribution in [0.1, 0.15) is 115 Å². The van der Waals surface area contributed by atoms with E-state index in [2.05, 4.69) is 70.0 Å². The van der Waals surface area contributed by atoms with Crippen LogP contribution in [0.15, 0.2) is 48.7 Å². The second-order valence-electron chi connectivity index (χ2n) is 19.9. The molecule has 0 radical (unpaired) electrons. The normalized spacial score (nSPS) is 26.4. The zero-order valence-electron chi connectivity index (χ0n) is 39.4. The van der Waals surface area contributed by atoms with Crippen molar-refractivity contribution in [1.82, 2.24) is 40.4 Å². The summed E-state index contributed by atoms with van der Waals surface area (Å²) in [7, 11) is 2.63. The Labute approximate surface area is 390 Å². The minimum Gasteiger partial charge on any atom is -0.488 e. The molecule has 3 saturated heterocycles. The molecule has 16 heteroatoms. The second kappa shape index (κ2) is 17.8. The number of likely N-dealkylation sites (tertiary alicyclic amines) is 2. The first-order valence-electron chi connectivity index (χ1n) is 24.1. The first-order valence-corrected chi connectivity index (χ1v) is 24.1. The largest absolute Gasteiger partial charge is 0.488 e. The number of hydrogen-bond acceptors (Lipinski definition) is 10. The van der Waals surface area contributed by atoms with Gasteiger partial charge in [0.25, 0.3) is 0 Å². The van der Waals surface area contributed by atoms with Crippen LogP contribution in [0, 0.1) is 17.8 Å². The van der Waals surface area contributed by atoms with E-state index in [1.807, 2.05) is 43.7 Å². The van der Waals surface area contributed by atoms with Gasteiger partial charge in [0.15, 0.2) is 0 Å². The van der Waals surface area contributed by atoms with Crippen molar-refractivity contribution in [1.29, 1.82) is 0 Å². The molecule has 5 aromatic rings. The summed E-state index contributed by atoms with van der Waals surface area (Å²) < 4.78 is 22.3. The molecule has 354 valence electrons. The van der Waals surface area contributed by atoms with Gasteiger partial charge in [0.1, 0.15) is 36.1 Å². The van der Waals surface area contributed by atoms with Crippen LogP contribution in [0.3, 0.4) is 0 Å². The van der Waals surface area contributed by atoms with Crippen LogP contribution >= 0.6 is 0 Å². The van der Waals surface area contributed by atoms with Crippen LogP contribution in [-0.4, -0.2) is 104 Å². The third-order valence-corrected chi connectivity index (χ3v) is 15.2. The van der Waals surface area contributed by atoms with Crippen LogP contribution in [0.2, 0.25) is 0 Å². The van der Waals surface area contributed by atoms with Crippen LogP contribution in [0.5, 0.6) is 5.75 Å². The Morgan fingerprint density at radius 1 is 0.806 bits per heavy atom. The van der Waals surface area contributed by atoms with Crippen LogP contribution < -0.4 is 15.4 Å². The van der Waals surface area contributed by atoms with Crippen molar-refractivity contribution >= 4 is 45.8 Å². The highest BCUT2D eigenvalue weighted by molar-refractivity contribution is 6.07. The van der Waals surface area contributed by atoms with Gasteiger partial charge in [-0.2, -0.15) is 0 Å². The SMILES string of the molecule is COC(=O)NC(C(=O)N1[C@H](c2nc3c(ccc4cc5c(cc43)OCc3cc(-c4cnc([C@@H]6CC[C@H](C)N6C(=O)C(NC(=O)OC)C6C[C@@H](C)O[C@H](C)C6)[nH]4)ccc3-5)[nH]2)C[C@@H]2CCC[C@@H]21)C(C)C. The van der Waals surface area contributed by atoms with E-state index >= 15 is 0 Å². The maximum atomic E-state index is 14.5. The van der Waals surface area contributed by atoms with E-state index in [-0.39, 0.29) is 60.0 Å². The second-order valence-corrected chi connectivity index (χ2v) is 19.9. The van der Waals surface area contributed by atoms with E-state index in [9.17, 15) is 19.2 Å². The summed E-state index contributed by atoms with van der Waals surface area (Å²) in [6.07, 6.45) is 7.30. The summed E-state index contributed by atoms with van der Waals surface area (Å²) in [5.74, 6) is 2.17. The minimum absolute atomic E-state index is 0.0300. The van der Waals surface area contributed by atoms with Gasteiger partial charge in [-0.15, -0.1) is 0 Å². The fourth-order valence-corrected chi connectivity index (χ4v) is 12.1. The number of nitrogens with zero attached hydrogens (tertiary/aromatic N) is 4. The number of methoxy groups -OCH3 is 2. The number of hydrogen-bond donors (Lipinski definition) is 4. The van der Waals surface area contributed by atoms with Gasteiger partial charge in [-0.3, -0.25) is 9.59 Å². The van der Waals surface area contributed by atoms with Crippen LogP contribution in [-0.2, 0) is 30.4 Å². The Morgan fingerprint density at radius 2 is 1.58 bits per heavy atom. The van der Waals surface area contributed by atoms with Crippen molar-refractivity contribution in [2.75, 3.05) is 14.2 Å². The molecule has 5 aliphatic rings. The van der Waals surface area contributed by atoms with Gasteiger partial charge in [0, 0.05) is 23.0 Å². The van der Waals surface area contributed by atoms with E-state index < -0.39 is 24.3 Å². The molecule has 0 bridgehead atoms. The van der Waals surface area contributed by atoms with Crippen molar-refractivity contribution in [2.45, 2.75) is 141 Å². The number of aromatic amines is 2. The molecule has 4 amide bonds. The van der Waals surface area contributed by atoms with Gasteiger partial charge < -0.3 is 49.3 Å². The quantitative estimate of drug-likeness (QED) is 0.112. The number of carbonyl (C=O) groups is 4. The molecule has 4 N–H and O–H groups in total. The average Bonchev–Trinajstić information content (AvgIpc) is 4.17. The lowest BCUT2D eigenvalue weighted by atomic mass is 9.85. The molecule has 2 unspecified atom stereocenters. The van der Waals surface area contributed by atoms with Gasteiger partial charge >= 0.3 is 12.2 Å². The van der Waals surface area contributed by atoms with Gasteiger partial charge in [0.2, 0.25) is 11.8 Å². The maximum absolute atomic E-state index is 14.5. The number of carbonyl (C=O) groups excluding carboxylic acids is 4. The summed E-state index contributed by atoms with van der Waals surface area (Å²) in [4.78, 5) is 74.9. The number of imidazole rings is 2. The zero-order valence-corrected chi connectivity index (χ0v) is 39.4. The van der Waals surface area contributed by atoms with E-state index in [0.717, 1.165) is 99.9 Å². The van der Waals surface area contributed by atoms with E-state index in [0.29, 0.717) is 31.2 Å². The van der Waals surface area contributed by atoms with Gasteiger partial charge in [-0.25, -0.2) is 19.6 Å². The summed E-state index contributed by atoms with van der Waals surface area (Å²) in [6.45, 7) is 10.3. The zero-order chi connectivity index (χ0) is 46.8. The Bertz CT molecular complexity index is 2720. The summed E-state index contributed by atoms with van der Waals surface area (Å²) >= 11 is 0. The van der Waals surface area contributed by atoms with Crippen molar-refractivity contribution in [3.8, 4) is 28.1 Å². The maximum Gasteiger partial charge on any atom is 0.407 e. The first-order chi connectivity index (χ1) is 32.3. The molecule has 6 heterocycles. The number of benzene rings is 3. The molecule has 2 aromatic heterocycles. The lowest BCUT2D eigenvalue weighted by molar-refractivity contribution is -0.140. The Kier molecular flexibility index (Phi) is 11.9. The number of H-pyrrole nitrogens is 2. The highest BCUT2D eigenvalue weighted by atomic mass is 16.5. The standard InChI is InChI=1S/C51H62N8O8/c1-25(2)43(56-50(62)64-6)48(60)59-39-10-8-9-31(39)21-41(59)47-53-37-15-13-29-20-36-34-14-12-30(19-33(34)24-66-42(36)22-35(29)45(37)55-47)38-23-52-46(54-38)40-16-11-26(3)58(40)49(61)44(57-51(63)65-7)32-17-27(4)67-28(5)18-32/h12-15,19-20,22-23,25-28,31-32,39-41,43-44H,8-11,16-18,21,24H2,1-7H3,(H,52,54)(H,53,55)(H,56,62)(H,57,63)/t26-,27+,28+,31-,39-,40-,41-,43?,44?/m0/s1. The predicted octanol–water partition coefficient (Wildman–Crippen LogP) is 8.47. The molecule has 3 aromatic carbocycles. The van der Waals surface area contributed by atoms with Gasteiger partial charge in [0.05, 0.1) is 61.4 Å². The molecular formula is C51H62N8O8. The summed E-state index contributed by atoms with van der Waals surface area (Å²) in [6, 6.07) is 12.9. The van der Waals surface area contributed by atoms with Crippen LogP contribution in [0.4, 0.5) is 9.59 Å². The van der Waals surface area contributed by atoms with E-state index in [4.69, 9.17) is 28.9 Å². The third kappa shape index (κ3) is 8.14. The molecule has 1 aliphatic carbocycles. The monoisotopic (exact) mass is 914 g/mol. The van der Waals surface area contributed by atoms with E-state index in [1.54, 1.807) is 0 Å². The number of ether oxygens (including phenoxy) is 4. The Balaban J connectivity index is 0.903. The molecule has 4 aliphatic heterocycles. The van der Waals surface area contributed by atoms with Crippen molar-refractivity contribution < 1.29 is 38.1 Å². The van der Waals surface area contributed by atoms with Gasteiger partial charge in [-0.1, -0.05) is 38.5 Å². The van der Waals surface area contributed by atoms with Gasteiger partial charge in [-0.05, 0) is 130 Å². The topological polar surface area (TPSA) is 193 Å². The Hall–Kier alpha value is -6.16. The molecule has 1 saturated carbocycles. The fraction of sp³-hybridized carbons (Fsp3) is 0.529.